The van der Waals surface area contributed by atoms with Crippen molar-refractivity contribution in [2.75, 3.05) is 11.7 Å². The van der Waals surface area contributed by atoms with Crippen LogP contribution >= 0.6 is 27.3 Å². The van der Waals surface area contributed by atoms with Gasteiger partial charge < -0.3 is 9.47 Å². The van der Waals surface area contributed by atoms with Gasteiger partial charge in [-0.05, 0) is 48.0 Å². The van der Waals surface area contributed by atoms with Crippen LogP contribution in [-0.4, -0.2) is 22.7 Å². The third-order valence-electron chi connectivity index (χ3n) is 4.50. The molecule has 29 heavy (non-hydrogen) atoms. The highest BCUT2D eigenvalue weighted by atomic mass is 79.9. The molecule has 0 saturated heterocycles. The van der Waals surface area contributed by atoms with E-state index in [-0.39, 0.29) is 12.7 Å². The number of hydrogen-bond donors (Lipinski definition) is 0. The largest absolute Gasteiger partial charge is 0.454 e. The molecular formula is C21H14BrN3O3S. The number of hydrogen-bond acceptors (Lipinski definition) is 6. The van der Waals surface area contributed by atoms with Gasteiger partial charge in [0.2, 0.25) is 6.79 Å². The molecule has 1 aliphatic heterocycles. The molecule has 0 spiro atoms. The van der Waals surface area contributed by atoms with E-state index in [9.17, 15) is 4.79 Å². The minimum absolute atomic E-state index is 0.162. The summed E-state index contributed by atoms with van der Waals surface area (Å²) >= 11 is 4.97. The van der Waals surface area contributed by atoms with Crippen molar-refractivity contribution in [3.8, 4) is 11.5 Å². The van der Waals surface area contributed by atoms with E-state index in [0.717, 1.165) is 20.3 Å². The van der Waals surface area contributed by atoms with Crippen LogP contribution in [0.1, 0.15) is 15.9 Å². The summed E-state index contributed by atoms with van der Waals surface area (Å²) in [5, 5.41) is 0.629. The van der Waals surface area contributed by atoms with E-state index < -0.39 is 0 Å². The van der Waals surface area contributed by atoms with E-state index in [2.05, 4.69) is 20.9 Å². The Balaban J connectivity index is 1.56. The van der Waals surface area contributed by atoms with E-state index >= 15 is 0 Å². The number of fused-ring (bicyclic) bond motifs is 2. The molecule has 0 atom stereocenters. The number of aromatic nitrogens is 2. The second-order valence-corrected chi connectivity index (χ2v) is 8.35. The molecule has 8 heteroatoms. The lowest BCUT2D eigenvalue weighted by molar-refractivity contribution is 0.0984. The monoisotopic (exact) mass is 467 g/mol. The number of halogens is 1. The second-order valence-electron chi connectivity index (χ2n) is 6.43. The number of benzene rings is 2. The van der Waals surface area contributed by atoms with Crippen LogP contribution in [-0.2, 0) is 6.54 Å². The Bertz CT molecular complexity index is 1210. The normalized spacial score (nSPS) is 12.3. The van der Waals surface area contributed by atoms with Crippen molar-refractivity contribution in [2.24, 2.45) is 0 Å². The zero-order chi connectivity index (χ0) is 19.8. The topological polar surface area (TPSA) is 64.6 Å². The first-order chi connectivity index (χ1) is 14.2. The van der Waals surface area contributed by atoms with Gasteiger partial charge in [0.1, 0.15) is 0 Å². The zero-order valence-corrected chi connectivity index (χ0v) is 17.4. The highest BCUT2D eigenvalue weighted by Gasteiger charge is 2.24. The highest BCUT2D eigenvalue weighted by Crippen LogP contribution is 2.35. The van der Waals surface area contributed by atoms with Gasteiger partial charge in [-0.15, -0.1) is 0 Å². The predicted molar refractivity (Wildman–Crippen MR) is 115 cm³/mol. The third kappa shape index (κ3) is 3.56. The molecule has 3 heterocycles. The summed E-state index contributed by atoms with van der Waals surface area (Å²) in [5.41, 5.74) is 2.28. The summed E-state index contributed by atoms with van der Waals surface area (Å²) in [4.78, 5) is 24.0. The molecular weight excluding hydrogens is 454 g/mol. The fourth-order valence-corrected chi connectivity index (χ4v) is 4.60. The van der Waals surface area contributed by atoms with Crippen LogP contribution in [0.3, 0.4) is 0 Å². The summed E-state index contributed by atoms with van der Waals surface area (Å²) in [5.74, 6) is 1.06. The Morgan fingerprint density at radius 1 is 1.14 bits per heavy atom. The summed E-state index contributed by atoms with van der Waals surface area (Å²) in [6.07, 6.45) is 3.46. The minimum atomic E-state index is -0.162. The fourth-order valence-electron chi connectivity index (χ4n) is 3.09. The SMILES string of the molecule is O=C(c1ccc2c(c1)OCO2)N(Cc1cccnc1)c1nc2ccc(Br)cc2s1. The minimum Gasteiger partial charge on any atom is -0.454 e. The molecule has 0 fully saturated rings. The zero-order valence-electron chi connectivity index (χ0n) is 15.0. The number of ether oxygens (including phenoxy) is 2. The molecule has 2 aromatic carbocycles. The van der Waals surface area contributed by atoms with Gasteiger partial charge in [0.05, 0.1) is 16.8 Å². The lowest BCUT2D eigenvalue weighted by atomic mass is 10.1. The molecule has 1 aliphatic rings. The lowest BCUT2D eigenvalue weighted by Crippen LogP contribution is -2.30. The molecule has 0 aliphatic carbocycles. The number of thiazole rings is 1. The Hall–Kier alpha value is -2.97. The maximum absolute atomic E-state index is 13.5. The number of nitrogens with zero attached hydrogens (tertiary/aromatic N) is 3. The molecule has 0 radical (unpaired) electrons. The van der Waals surface area contributed by atoms with E-state index in [1.807, 2.05) is 30.3 Å². The van der Waals surface area contributed by atoms with E-state index in [1.54, 1.807) is 35.5 Å². The maximum Gasteiger partial charge on any atom is 0.260 e. The van der Waals surface area contributed by atoms with Crippen LogP contribution < -0.4 is 14.4 Å². The first-order valence-corrected chi connectivity index (χ1v) is 10.4. The van der Waals surface area contributed by atoms with Crippen molar-refractivity contribution in [1.29, 1.82) is 0 Å². The van der Waals surface area contributed by atoms with E-state index in [4.69, 9.17) is 14.5 Å². The average Bonchev–Trinajstić information content (AvgIpc) is 3.38. The van der Waals surface area contributed by atoms with Crippen molar-refractivity contribution < 1.29 is 14.3 Å². The van der Waals surface area contributed by atoms with Gasteiger partial charge in [0, 0.05) is 22.4 Å². The van der Waals surface area contributed by atoms with Crippen LogP contribution in [0, 0.1) is 0 Å². The van der Waals surface area contributed by atoms with Gasteiger partial charge in [-0.25, -0.2) is 4.98 Å². The molecule has 144 valence electrons. The number of carbonyl (C=O) groups is 1. The number of anilines is 1. The Kier molecular flexibility index (Phi) is 4.65. The highest BCUT2D eigenvalue weighted by molar-refractivity contribution is 9.10. The van der Waals surface area contributed by atoms with Crippen molar-refractivity contribution >= 4 is 48.5 Å². The quantitative estimate of drug-likeness (QED) is 0.421. The van der Waals surface area contributed by atoms with E-state index in [1.165, 1.54) is 11.3 Å². The molecule has 0 bridgehead atoms. The van der Waals surface area contributed by atoms with Crippen LogP contribution in [0.25, 0.3) is 10.2 Å². The Morgan fingerprint density at radius 3 is 2.90 bits per heavy atom. The van der Waals surface area contributed by atoms with Gasteiger partial charge >= 0.3 is 0 Å². The number of pyridine rings is 1. The van der Waals surface area contributed by atoms with Crippen molar-refractivity contribution in [2.45, 2.75) is 6.54 Å². The molecule has 2 aromatic heterocycles. The lowest BCUT2D eigenvalue weighted by Gasteiger charge is -2.20. The molecule has 5 rings (SSSR count). The summed E-state index contributed by atoms with van der Waals surface area (Å²) in [7, 11) is 0. The number of amides is 1. The third-order valence-corrected chi connectivity index (χ3v) is 6.03. The summed E-state index contributed by atoms with van der Waals surface area (Å²) in [6.45, 7) is 0.529. The number of rotatable bonds is 4. The van der Waals surface area contributed by atoms with Crippen LogP contribution in [0.5, 0.6) is 11.5 Å². The van der Waals surface area contributed by atoms with Crippen molar-refractivity contribution in [3.63, 3.8) is 0 Å². The molecule has 0 unspecified atom stereocenters. The number of carbonyl (C=O) groups excluding carboxylic acids is 1. The maximum atomic E-state index is 13.5. The molecule has 6 nitrogen and oxygen atoms in total. The van der Waals surface area contributed by atoms with E-state index in [0.29, 0.717) is 28.7 Å². The molecule has 0 N–H and O–H groups in total. The average molecular weight is 468 g/mol. The van der Waals surface area contributed by atoms with Gasteiger partial charge in [-0.3, -0.25) is 14.7 Å². The van der Waals surface area contributed by atoms with Gasteiger partial charge in [0.25, 0.3) is 5.91 Å². The summed E-state index contributed by atoms with van der Waals surface area (Å²) in [6, 6.07) is 14.9. The molecule has 4 aromatic rings. The van der Waals surface area contributed by atoms with Crippen LogP contribution in [0.15, 0.2) is 65.4 Å². The first-order valence-electron chi connectivity index (χ1n) is 8.84. The summed E-state index contributed by atoms with van der Waals surface area (Å²) < 4.78 is 12.8. The van der Waals surface area contributed by atoms with Crippen molar-refractivity contribution in [3.05, 3.63) is 76.5 Å². The first kappa shape index (κ1) is 18.1. The van der Waals surface area contributed by atoms with Crippen molar-refractivity contribution in [1.82, 2.24) is 9.97 Å². The molecule has 1 amide bonds. The standard InChI is InChI=1S/C21H14BrN3O3S/c22-15-4-5-16-19(9-15)29-21(24-16)25(11-13-2-1-7-23-10-13)20(26)14-3-6-17-18(8-14)28-12-27-17/h1-10H,11-12H2. The van der Waals surface area contributed by atoms with Gasteiger partial charge in [-0.2, -0.15) is 0 Å². The Morgan fingerprint density at radius 2 is 2.03 bits per heavy atom. The van der Waals surface area contributed by atoms with Crippen LogP contribution in [0.2, 0.25) is 0 Å². The van der Waals surface area contributed by atoms with Gasteiger partial charge in [-0.1, -0.05) is 33.3 Å². The predicted octanol–water partition coefficient (Wildman–Crippen LogP) is 5.03. The smallest absolute Gasteiger partial charge is 0.260 e. The van der Waals surface area contributed by atoms with Crippen LogP contribution in [0.4, 0.5) is 5.13 Å². The second kappa shape index (κ2) is 7.46. The fraction of sp³-hybridized carbons (Fsp3) is 0.0952. The van der Waals surface area contributed by atoms with Gasteiger partial charge in [0.15, 0.2) is 16.6 Å². The Labute approximate surface area is 178 Å². The molecule has 0 saturated carbocycles.